The third kappa shape index (κ3) is 3.33. The van der Waals surface area contributed by atoms with Gasteiger partial charge in [0.2, 0.25) is 0 Å². The van der Waals surface area contributed by atoms with E-state index in [2.05, 4.69) is 94.8 Å². The molecule has 1 aliphatic carbocycles. The van der Waals surface area contributed by atoms with Gasteiger partial charge in [-0.15, -0.1) is 0 Å². The average Bonchev–Trinajstić information content (AvgIpc) is 3.24. The quantitative estimate of drug-likeness (QED) is 0.432. The van der Waals surface area contributed by atoms with Crippen LogP contribution in [-0.4, -0.2) is 5.66 Å². The third-order valence-corrected chi connectivity index (χ3v) is 10.0. The van der Waals surface area contributed by atoms with Crippen molar-refractivity contribution in [1.29, 1.82) is 0 Å². The predicted octanol–water partition coefficient (Wildman–Crippen LogP) is 6.35. The van der Waals surface area contributed by atoms with Gasteiger partial charge in [0.25, 0.3) is 7.49 Å². The highest BCUT2D eigenvalue weighted by molar-refractivity contribution is 9.10. The van der Waals surface area contributed by atoms with Crippen molar-refractivity contribution in [2.24, 2.45) is 0 Å². The van der Waals surface area contributed by atoms with Gasteiger partial charge in [0.05, 0.1) is 4.47 Å². The van der Waals surface area contributed by atoms with Gasteiger partial charge in [0, 0.05) is 0 Å². The van der Waals surface area contributed by atoms with Gasteiger partial charge in [-0.25, -0.2) is 0 Å². The molecule has 1 nitrogen and oxygen atoms in total. The molecule has 3 aromatic carbocycles. The summed E-state index contributed by atoms with van der Waals surface area (Å²) in [5, 5.41) is 2.68. The molecule has 0 aliphatic heterocycles. The molecule has 1 saturated carbocycles. The van der Waals surface area contributed by atoms with E-state index in [1.165, 1.54) is 36.3 Å². The zero-order valence-corrected chi connectivity index (χ0v) is 17.2. The second kappa shape index (κ2) is 7.94. The number of halogens is 1. The minimum absolute atomic E-state index is 0.569. The molecular weight excluding hydrogens is 403 g/mol. The van der Waals surface area contributed by atoms with Crippen LogP contribution >= 0.6 is 23.4 Å². The molecule has 0 unspecified atom stereocenters. The molecule has 26 heavy (non-hydrogen) atoms. The summed E-state index contributed by atoms with van der Waals surface area (Å²) in [7, 11) is -2.03. The van der Waals surface area contributed by atoms with E-state index < -0.39 is 7.49 Å². The van der Waals surface area contributed by atoms with Crippen LogP contribution in [0.3, 0.4) is 0 Å². The Morgan fingerprint density at radius 1 is 0.692 bits per heavy atom. The van der Waals surface area contributed by atoms with Crippen molar-refractivity contribution in [3.63, 3.8) is 0 Å². The van der Waals surface area contributed by atoms with Crippen molar-refractivity contribution in [2.75, 3.05) is 0 Å². The highest BCUT2D eigenvalue weighted by Crippen LogP contribution is 2.65. The number of benzene rings is 3. The lowest BCUT2D eigenvalue weighted by atomic mass is 10.3. The molecule has 1 fully saturated rings. The second-order valence-electron chi connectivity index (χ2n) is 6.79. The molecular formula is C23H23BrOP+. The smallest absolute Gasteiger partial charge is 0.258 e. The fraction of sp³-hybridized carbons (Fsp3) is 0.217. The lowest BCUT2D eigenvalue weighted by molar-refractivity contribution is 0.589. The number of rotatable bonds is 5. The van der Waals surface area contributed by atoms with Crippen LogP contribution in [0.25, 0.3) is 0 Å². The van der Waals surface area contributed by atoms with Gasteiger partial charge < -0.3 is 4.52 Å². The van der Waals surface area contributed by atoms with E-state index in [-0.39, 0.29) is 0 Å². The molecule has 3 aromatic rings. The van der Waals surface area contributed by atoms with Gasteiger partial charge in [-0.1, -0.05) is 48.5 Å². The molecule has 0 heterocycles. The van der Waals surface area contributed by atoms with Gasteiger partial charge in [-0.3, -0.25) is 0 Å². The van der Waals surface area contributed by atoms with Crippen molar-refractivity contribution in [3.05, 3.63) is 89.4 Å². The van der Waals surface area contributed by atoms with Crippen LogP contribution in [-0.2, 0) is 0 Å². The van der Waals surface area contributed by atoms with Crippen LogP contribution in [0.2, 0.25) is 0 Å². The van der Waals surface area contributed by atoms with Gasteiger partial charge in [0.15, 0.2) is 5.75 Å². The summed E-state index contributed by atoms with van der Waals surface area (Å²) in [5.41, 5.74) is 0.569. The van der Waals surface area contributed by atoms with Gasteiger partial charge >= 0.3 is 0 Å². The molecule has 0 amide bonds. The molecule has 1 aliphatic rings. The van der Waals surface area contributed by atoms with E-state index in [1.54, 1.807) is 0 Å². The predicted molar refractivity (Wildman–Crippen MR) is 116 cm³/mol. The van der Waals surface area contributed by atoms with Crippen molar-refractivity contribution in [1.82, 2.24) is 0 Å². The molecule has 0 saturated heterocycles. The van der Waals surface area contributed by atoms with Gasteiger partial charge in [-0.05, 0) is 78.0 Å². The largest absolute Gasteiger partial charge is 0.338 e. The summed E-state index contributed by atoms with van der Waals surface area (Å²) < 4.78 is 8.08. The molecule has 132 valence electrons. The molecule has 0 bridgehead atoms. The maximum Gasteiger partial charge on any atom is 0.258 e. The lowest BCUT2D eigenvalue weighted by Crippen LogP contribution is -2.34. The van der Waals surface area contributed by atoms with Crippen LogP contribution in [0.4, 0.5) is 0 Å². The molecule has 0 aromatic heterocycles. The highest BCUT2D eigenvalue weighted by atomic mass is 79.9. The second-order valence-corrected chi connectivity index (χ2v) is 10.9. The fourth-order valence-corrected chi connectivity index (χ4v) is 8.78. The van der Waals surface area contributed by atoms with E-state index in [4.69, 9.17) is 4.52 Å². The molecule has 0 N–H and O–H groups in total. The van der Waals surface area contributed by atoms with Crippen LogP contribution in [0, 0.1) is 0 Å². The van der Waals surface area contributed by atoms with Crippen LogP contribution in [0.1, 0.15) is 25.7 Å². The summed E-state index contributed by atoms with van der Waals surface area (Å²) >= 11 is 3.70. The Morgan fingerprint density at radius 3 is 1.73 bits per heavy atom. The fourth-order valence-electron chi connectivity index (χ4n) is 3.99. The molecule has 0 atom stereocenters. The van der Waals surface area contributed by atoms with E-state index in [1.807, 2.05) is 6.07 Å². The lowest BCUT2D eigenvalue weighted by Gasteiger charge is -2.31. The zero-order valence-electron chi connectivity index (χ0n) is 14.7. The SMILES string of the molecule is Brc1ccccc1O[P+](c1ccccc1)(c1ccccc1)C1CCCC1. The number of hydrogen-bond acceptors (Lipinski definition) is 1. The summed E-state index contributed by atoms with van der Waals surface area (Å²) in [6.45, 7) is 0. The Balaban J connectivity index is 1.93. The first kappa shape index (κ1) is 17.8. The van der Waals surface area contributed by atoms with Crippen molar-refractivity contribution in [2.45, 2.75) is 31.3 Å². The number of para-hydroxylation sites is 1. The maximum absolute atomic E-state index is 7.05. The van der Waals surface area contributed by atoms with Crippen molar-refractivity contribution >= 4 is 34.0 Å². The van der Waals surface area contributed by atoms with E-state index in [0.717, 1.165) is 10.2 Å². The normalized spacial score (nSPS) is 15.1. The Kier molecular flexibility index (Phi) is 5.43. The van der Waals surface area contributed by atoms with E-state index >= 15 is 0 Å². The summed E-state index contributed by atoms with van der Waals surface area (Å²) in [5.74, 6) is 0.945. The Hall–Kier alpha value is -1.63. The molecule has 3 heteroatoms. The van der Waals surface area contributed by atoms with Crippen molar-refractivity contribution < 1.29 is 4.52 Å². The molecule has 4 rings (SSSR count). The first-order valence-electron chi connectivity index (χ1n) is 9.25. The summed E-state index contributed by atoms with van der Waals surface area (Å²) in [6, 6.07) is 30.0. The average molecular weight is 426 g/mol. The Morgan fingerprint density at radius 2 is 1.19 bits per heavy atom. The monoisotopic (exact) mass is 425 g/mol. The molecule has 0 radical (unpaired) electrons. The summed E-state index contributed by atoms with van der Waals surface area (Å²) in [4.78, 5) is 0. The van der Waals surface area contributed by atoms with Crippen molar-refractivity contribution in [3.8, 4) is 5.75 Å². The van der Waals surface area contributed by atoms with Crippen LogP contribution in [0.15, 0.2) is 89.4 Å². The van der Waals surface area contributed by atoms with E-state index in [9.17, 15) is 0 Å². The maximum atomic E-state index is 7.05. The standard InChI is InChI=1S/C23H23BrOP/c24-22-17-9-10-18-23(22)25-26(21-15-7-8-16-21,19-11-3-1-4-12-19)20-13-5-2-6-14-20/h1-6,9-14,17-18,21H,7-8,15-16H2/q+1. The number of hydrogen-bond donors (Lipinski definition) is 0. The van der Waals surface area contributed by atoms with Crippen LogP contribution in [0.5, 0.6) is 5.75 Å². The molecule has 0 spiro atoms. The topological polar surface area (TPSA) is 9.23 Å². The minimum atomic E-state index is -2.03. The first-order valence-corrected chi connectivity index (χ1v) is 11.8. The van der Waals surface area contributed by atoms with Gasteiger partial charge in [-0.2, -0.15) is 0 Å². The summed E-state index contributed by atoms with van der Waals surface area (Å²) in [6.07, 6.45) is 5.07. The van der Waals surface area contributed by atoms with Crippen LogP contribution < -0.4 is 15.1 Å². The Labute approximate surface area is 165 Å². The van der Waals surface area contributed by atoms with E-state index in [0.29, 0.717) is 5.66 Å². The first-order chi connectivity index (χ1) is 12.8. The Bertz CT molecular complexity index is 805. The van der Waals surface area contributed by atoms with Gasteiger partial charge in [0.1, 0.15) is 16.3 Å². The highest BCUT2D eigenvalue weighted by Gasteiger charge is 2.55. The third-order valence-electron chi connectivity index (χ3n) is 5.20. The zero-order chi connectivity index (χ0) is 17.8. The minimum Gasteiger partial charge on any atom is -0.338 e.